The zero-order chi connectivity index (χ0) is 49.9. The van der Waals surface area contributed by atoms with Crippen LogP contribution in [0.15, 0.2) is 60.7 Å². The van der Waals surface area contributed by atoms with Crippen LogP contribution >= 0.6 is 0 Å². The van der Waals surface area contributed by atoms with E-state index in [1.54, 1.807) is 60.7 Å². The van der Waals surface area contributed by atoms with E-state index >= 15 is 0 Å². The van der Waals surface area contributed by atoms with E-state index in [4.69, 9.17) is 33.3 Å². The Hall–Kier alpha value is -7.10. The van der Waals surface area contributed by atoms with Crippen LogP contribution in [0.2, 0.25) is 0 Å². The number of carbonyl (C=O) groups is 10. The molecule has 0 aliphatic rings. The molecule has 26 nitrogen and oxygen atoms in total. The minimum absolute atomic E-state index is 0.0278. The minimum atomic E-state index is -1.42. The molecule has 0 aliphatic heterocycles. The molecule has 0 fully saturated rings. The highest BCUT2D eigenvalue weighted by Crippen LogP contribution is 2.11. The monoisotopic (exact) mass is 934 g/mol. The number of hydrazine groups is 2. The summed E-state index contributed by atoms with van der Waals surface area (Å²) in [5.74, 6) is -4.49. The average Bonchev–Trinajstić information content (AvgIpc) is 3.28. The standard InChI is InChI=1S/C21H30N4O8.C19H28N6O8/c22-14(8-12-4-2-1-3-5-12)21(33)25-16(11-27)17(28)9-13(10-26)20(32)24-15(19(23)31)6-7-18(29)30;20-18(32)25(7-6-16(29)30)23-17(31)13(10-26)8-15(28)14(11-27)22-19(33)24(21)9-12-4-2-1-3-5-12/h1-5,13-16,26-27H,6-11,22H2,(H2,23,31)(H,24,32)(H,25,33)(H,29,30);1-5,13-14,26-27H,6-11,21H2,(H2,20,32)(H,22,33)(H,23,31)(H,29,30)/t13-,14-,15-,16-;13-,14-/m00/s1. The number of aliphatic hydroxyl groups is 4. The SMILES string of the molecule is NC(=O)N(CCC(=O)O)NC(=O)[C@H](CO)CC(=O)[C@H](CO)NC(=O)N(N)Cc1ccccc1.NC(=O)[C@H](CCC(=O)O)NC(=O)[C@H](CO)CC(=O)[C@H](CO)NC(=O)[C@@H](N)Cc1ccccc1. The maximum absolute atomic E-state index is 12.5. The number of Topliss-reactive ketones (excluding diaryl/α,β-unsaturated/α-hetero) is 2. The number of aliphatic carboxylic acids is 2. The Kier molecular flexibility index (Phi) is 26.0. The third-order valence-electron chi connectivity index (χ3n) is 9.29. The van der Waals surface area contributed by atoms with E-state index in [2.05, 4.69) is 16.0 Å². The van der Waals surface area contributed by atoms with Crippen LogP contribution < -0.4 is 44.4 Å². The van der Waals surface area contributed by atoms with Crippen molar-refractivity contribution in [2.24, 2.45) is 34.9 Å². The van der Waals surface area contributed by atoms with Crippen LogP contribution in [0.1, 0.15) is 43.2 Å². The first-order chi connectivity index (χ1) is 31.2. The zero-order valence-corrected chi connectivity index (χ0v) is 35.7. The number of rotatable bonds is 27. The van der Waals surface area contributed by atoms with Gasteiger partial charge in [0.15, 0.2) is 11.6 Å². The summed E-state index contributed by atoms with van der Waals surface area (Å²) in [4.78, 5) is 118. The number of ketones is 2. The number of urea groups is 2. The minimum Gasteiger partial charge on any atom is -0.481 e. The molecule has 6 atom stereocenters. The van der Waals surface area contributed by atoms with Crippen molar-refractivity contribution < 1.29 is 78.6 Å². The highest BCUT2D eigenvalue weighted by molar-refractivity contribution is 5.95. The lowest BCUT2D eigenvalue weighted by molar-refractivity contribution is -0.139. The number of primary amides is 2. The molecule has 0 saturated heterocycles. The summed E-state index contributed by atoms with van der Waals surface area (Å²) in [5.41, 5.74) is 19.7. The van der Waals surface area contributed by atoms with Crippen molar-refractivity contribution in [1.82, 2.24) is 31.4 Å². The van der Waals surface area contributed by atoms with Gasteiger partial charge >= 0.3 is 24.0 Å². The van der Waals surface area contributed by atoms with Crippen molar-refractivity contribution in [3.05, 3.63) is 71.8 Å². The topological polar surface area (TPSA) is 451 Å². The van der Waals surface area contributed by atoms with Crippen molar-refractivity contribution in [1.29, 1.82) is 0 Å². The second-order valence-corrected chi connectivity index (χ2v) is 14.4. The lowest BCUT2D eigenvalue weighted by Gasteiger charge is -2.24. The van der Waals surface area contributed by atoms with E-state index in [0.717, 1.165) is 16.1 Å². The maximum atomic E-state index is 12.5. The molecule has 2 aromatic carbocycles. The van der Waals surface area contributed by atoms with Gasteiger partial charge in [0, 0.05) is 19.3 Å². The summed E-state index contributed by atoms with van der Waals surface area (Å²) in [7, 11) is 0. The molecule has 66 heavy (non-hydrogen) atoms. The number of nitrogens with two attached hydrogens (primary N) is 4. The van der Waals surface area contributed by atoms with Gasteiger partial charge in [0.25, 0.3) is 0 Å². The van der Waals surface area contributed by atoms with Gasteiger partial charge in [-0.2, -0.15) is 0 Å². The summed E-state index contributed by atoms with van der Waals surface area (Å²) in [5, 5.41) is 63.5. The predicted molar refractivity (Wildman–Crippen MR) is 228 cm³/mol. The number of nitrogens with one attached hydrogen (secondary N) is 4. The fourth-order valence-electron chi connectivity index (χ4n) is 5.53. The number of amides is 8. The number of hydrogen-bond acceptors (Lipinski definition) is 16. The average molecular weight is 935 g/mol. The number of hydrogen-bond donors (Lipinski definition) is 14. The van der Waals surface area contributed by atoms with Crippen molar-refractivity contribution in [3.63, 3.8) is 0 Å². The molecular formula is C40H58N10O16. The molecule has 0 unspecified atom stereocenters. The molecule has 0 spiro atoms. The van der Waals surface area contributed by atoms with Gasteiger partial charge in [0.2, 0.25) is 23.6 Å². The Morgan fingerprint density at radius 1 is 0.591 bits per heavy atom. The third-order valence-corrected chi connectivity index (χ3v) is 9.29. The number of benzene rings is 2. The number of nitrogens with zero attached hydrogens (tertiary/aromatic N) is 2. The second-order valence-electron chi connectivity index (χ2n) is 14.4. The summed E-state index contributed by atoms with van der Waals surface area (Å²) in [6.45, 7) is -3.56. The van der Waals surface area contributed by atoms with E-state index < -0.39 is 154 Å². The molecule has 2 rings (SSSR count). The van der Waals surface area contributed by atoms with Crippen LogP contribution in [0.5, 0.6) is 0 Å². The summed E-state index contributed by atoms with van der Waals surface area (Å²) in [6, 6.07) is 10.6. The molecule has 26 heteroatoms. The van der Waals surface area contributed by atoms with Gasteiger partial charge in [-0.15, -0.1) is 0 Å². The Morgan fingerprint density at radius 2 is 1.06 bits per heavy atom. The van der Waals surface area contributed by atoms with Crippen LogP contribution in [-0.4, -0.2) is 157 Å². The smallest absolute Gasteiger partial charge is 0.333 e. The molecule has 0 heterocycles. The highest BCUT2D eigenvalue weighted by atomic mass is 16.4. The van der Waals surface area contributed by atoms with E-state index in [9.17, 15) is 68.4 Å². The van der Waals surface area contributed by atoms with Gasteiger partial charge < -0.3 is 63.8 Å². The zero-order valence-electron chi connectivity index (χ0n) is 35.7. The van der Waals surface area contributed by atoms with Crippen LogP contribution in [-0.2, 0) is 51.3 Å². The second kappa shape index (κ2) is 30.1. The largest absolute Gasteiger partial charge is 0.481 e. The Morgan fingerprint density at radius 3 is 1.52 bits per heavy atom. The number of carboxylic acids is 2. The van der Waals surface area contributed by atoms with Gasteiger partial charge in [-0.25, -0.2) is 20.4 Å². The molecule has 0 aliphatic carbocycles. The van der Waals surface area contributed by atoms with Crippen molar-refractivity contribution >= 4 is 59.2 Å². The number of carbonyl (C=O) groups excluding carboxylic acids is 8. The van der Waals surface area contributed by atoms with Crippen LogP contribution in [0.25, 0.3) is 0 Å². The molecule has 0 aromatic heterocycles. The Bertz CT molecular complexity index is 1810. The Labute approximate surface area is 377 Å². The van der Waals surface area contributed by atoms with Gasteiger partial charge in [-0.05, 0) is 24.0 Å². The van der Waals surface area contributed by atoms with E-state index in [-0.39, 0.29) is 19.4 Å². The number of aliphatic hydroxyl groups excluding tert-OH is 4. The lowest BCUT2D eigenvalue weighted by atomic mass is 9.97. The lowest BCUT2D eigenvalue weighted by Crippen LogP contribution is -2.54. The molecule has 0 saturated carbocycles. The maximum Gasteiger partial charge on any atom is 0.333 e. The van der Waals surface area contributed by atoms with Crippen molar-refractivity contribution in [2.45, 2.75) is 69.2 Å². The first-order valence-electron chi connectivity index (χ1n) is 20.0. The van der Waals surface area contributed by atoms with Gasteiger partial charge in [-0.1, -0.05) is 60.7 Å². The van der Waals surface area contributed by atoms with E-state index in [0.29, 0.717) is 5.01 Å². The van der Waals surface area contributed by atoms with Crippen molar-refractivity contribution in [2.75, 3.05) is 33.0 Å². The fourth-order valence-corrected chi connectivity index (χ4v) is 5.53. The van der Waals surface area contributed by atoms with Gasteiger partial charge in [0.05, 0.1) is 63.8 Å². The summed E-state index contributed by atoms with van der Waals surface area (Å²) < 4.78 is 0. The molecule has 0 bridgehead atoms. The number of carboxylic acid groups (broad SMARTS) is 2. The van der Waals surface area contributed by atoms with Crippen LogP contribution in [0, 0.1) is 11.8 Å². The van der Waals surface area contributed by atoms with E-state index in [1.807, 2.05) is 5.43 Å². The molecular weight excluding hydrogens is 876 g/mol. The summed E-state index contributed by atoms with van der Waals surface area (Å²) in [6.07, 6.45) is -2.18. The van der Waals surface area contributed by atoms with Crippen molar-refractivity contribution in [3.8, 4) is 0 Å². The molecule has 8 amide bonds. The molecule has 364 valence electrons. The fraction of sp³-hybridized carbons (Fsp3) is 0.450. The summed E-state index contributed by atoms with van der Waals surface area (Å²) >= 11 is 0. The van der Waals surface area contributed by atoms with Crippen LogP contribution in [0.3, 0.4) is 0 Å². The van der Waals surface area contributed by atoms with Gasteiger partial charge in [0.1, 0.15) is 18.1 Å². The predicted octanol–water partition coefficient (Wildman–Crippen LogP) is -4.68. The van der Waals surface area contributed by atoms with E-state index in [1.165, 1.54) is 0 Å². The molecule has 0 radical (unpaired) electrons. The first-order valence-corrected chi connectivity index (χ1v) is 20.0. The highest BCUT2D eigenvalue weighted by Gasteiger charge is 2.31. The van der Waals surface area contributed by atoms with Crippen LogP contribution in [0.4, 0.5) is 9.59 Å². The molecule has 2 aromatic rings. The Balaban J connectivity index is 0.000000660. The first kappa shape index (κ1) is 56.9. The molecule has 18 N–H and O–H groups in total. The quantitative estimate of drug-likeness (QED) is 0.0227. The normalized spacial score (nSPS) is 13.3. The van der Waals surface area contributed by atoms with Gasteiger partial charge in [-0.3, -0.25) is 48.8 Å². The third kappa shape index (κ3) is 21.5.